The Hall–Kier alpha value is -2.91. The third kappa shape index (κ3) is 11.2. The summed E-state index contributed by atoms with van der Waals surface area (Å²) < 4.78 is 0. The van der Waals surface area contributed by atoms with Gasteiger partial charge in [-0.2, -0.15) is 0 Å². The molecule has 5 N–H and O–H groups in total. The van der Waals surface area contributed by atoms with Gasteiger partial charge in [-0.1, -0.05) is 50.6 Å². The molecule has 1 fully saturated rings. The maximum Gasteiger partial charge on any atom is 0.286 e. The van der Waals surface area contributed by atoms with Gasteiger partial charge in [0, 0.05) is 39.3 Å². The first-order valence-corrected chi connectivity index (χ1v) is 13.8. The van der Waals surface area contributed by atoms with Gasteiger partial charge in [0.05, 0.1) is 5.57 Å². The lowest BCUT2D eigenvalue weighted by atomic mass is 10.0. The number of piperidine rings is 1. The van der Waals surface area contributed by atoms with E-state index in [-0.39, 0.29) is 23.1 Å². The SMILES string of the molecule is C\C=C/C=C\C(=C/C)CN1CCC(N(C)CCN(CC(C)CC)/C(=N/C(N)=C(\C)C(N)=O)C(=O)NC)CC1. The number of nitrogens with zero attached hydrogens (tertiary/aromatic N) is 4. The number of aliphatic imine (C=N–C) groups is 1. The van der Waals surface area contributed by atoms with Gasteiger partial charge in [0.15, 0.2) is 5.84 Å². The van der Waals surface area contributed by atoms with Crippen molar-refractivity contribution >= 4 is 17.6 Å². The van der Waals surface area contributed by atoms with Gasteiger partial charge in [0.2, 0.25) is 5.91 Å². The maximum absolute atomic E-state index is 12.8. The second kappa shape index (κ2) is 17.6. The summed E-state index contributed by atoms with van der Waals surface area (Å²) in [6, 6.07) is 0.479. The summed E-state index contributed by atoms with van der Waals surface area (Å²) in [6.45, 7) is 15.0. The van der Waals surface area contributed by atoms with E-state index in [0.717, 1.165) is 45.4 Å². The van der Waals surface area contributed by atoms with Crippen LogP contribution in [0, 0.1) is 5.92 Å². The maximum atomic E-state index is 12.8. The Kier molecular flexibility index (Phi) is 15.3. The van der Waals surface area contributed by atoms with Crippen LogP contribution in [0.25, 0.3) is 0 Å². The first kappa shape index (κ1) is 33.1. The molecule has 1 rings (SSSR count). The van der Waals surface area contributed by atoms with Crippen molar-refractivity contribution in [2.24, 2.45) is 22.4 Å². The number of likely N-dealkylation sites (tertiary alicyclic amines) is 1. The number of allylic oxidation sites excluding steroid dienone is 4. The van der Waals surface area contributed by atoms with Crippen molar-refractivity contribution in [2.45, 2.75) is 59.9 Å². The van der Waals surface area contributed by atoms with Crippen molar-refractivity contribution in [1.82, 2.24) is 20.0 Å². The number of hydrogen-bond acceptors (Lipinski definition) is 6. The van der Waals surface area contributed by atoms with Gasteiger partial charge in [0.25, 0.3) is 5.91 Å². The van der Waals surface area contributed by atoms with Crippen molar-refractivity contribution in [3.8, 4) is 0 Å². The molecule has 2 amide bonds. The molecule has 1 heterocycles. The van der Waals surface area contributed by atoms with Crippen molar-refractivity contribution in [3.63, 3.8) is 0 Å². The second-order valence-corrected chi connectivity index (χ2v) is 10.1. The number of hydrogen-bond donors (Lipinski definition) is 3. The molecular weight excluding hydrogens is 478 g/mol. The molecule has 1 atom stereocenters. The molecule has 0 saturated carbocycles. The molecule has 38 heavy (non-hydrogen) atoms. The van der Waals surface area contributed by atoms with Gasteiger partial charge in [0.1, 0.15) is 5.82 Å². The molecule has 1 aliphatic rings. The minimum atomic E-state index is -0.655. The first-order valence-electron chi connectivity index (χ1n) is 13.8. The number of rotatable bonds is 13. The molecule has 9 heteroatoms. The summed E-state index contributed by atoms with van der Waals surface area (Å²) in [4.78, 5) is 35.7. The smallest absolute Gasteiger partial charge is 0.286 e. The van der Waals surface area contributed by atoms with E-state index in [1.165, 1.54) is 12.5 Å². The summed E-state index contributed by atoms with van der Waals surface area (Å²) in [5.74, 6) is -0.472. The molecule has 1 unspecified atom stereocenters. The van der Waals surface area contributed by atoms with Crippen molar-refractivity contribution in [2.75, 3.05) is 53.4 Å². The van der Waals surface area contributed by atoms with Crippen LogP contribution in [0.15, 0.2) is 52.3 Å². The minimum absolute atomic E-state index is 0.0352. The van der Waals surface area contributed by atoms with Gasteiger partial charge in [-0.3, -0.25) is 14.5 Å². The zero-order chi connectivity index (χ0) is 28.7. The van der Waals surface area contributed by atoms with E-state index >= 15 is 0 Å². The predicted octanol–water partition coefficient (Wildman–Crippen LogP) is 2.63. The number of nitrogens with one attached hydrogen (secondary N) is 1. The van der Waals surface area contributed by atoms with E-state index in [0.29, 0.717) is 25.0 Å². The Bertz CT molecular complexity index is 912. The van der Waals surface area contributed by atoms with Gasteiger partial charge in [-0.15, -0.1) is 0 Å². The second-order valence-electron chi connectivity index (χ2n) is 10.1. The molecule has 0 aromatic rings. The van der Waals surface area contributed by atoms with Crippen LogP contribution in [0.4, 0.5) is 0 Å². The van der Waals surface area contributed by atoms with E-state index in [1.807, 2.05) is 17.9 Å². The number of carbonyl (C=O) groups is 2. The van der Waals surface area contributed by atoms with Crippen LogP contribution in [0.3, 0.4) is 0 Å². The zero-order valence-corrected chi connectivity index (χ0v) is 24.7. The summed E-state index contributed by atoms with van der Waals surface area (Å²) in [6.07, 6.45) is 13.7. The van der Waals surface area contributed by atoms with Crippen LogP contribution in [-0.4, -0.2) is 91.8 Å². The van der Waals surface area contributed by atoms with Crippen LogP contribution in [0.5, 0.6) is 0 Å². The van der Waals surface area contributed by atoms with Crippen LogP contribution in [0.2, 0.25) is 0 Å². The molecule has 0 aliphatic carbocycles. The Labute approximate surface area is 230 Å². The molecule has 0 aromatic carbocycles. The summed E-state index contributed by atoms with van der Waals surface area (Å²) in [5.41, 5.74) is 12.9. The lowest BCUT2D eigenvalue weighted by molar-refractivity contribution is -0.115. The van der Waals surface area contributed by atoms with E-state index < -0.39 is 5.91 Å². The van der Waals surface area contributed by atoms with Crippen molar-refractivity contribution in [3.05, 3.63) is 47.3 Å². The Balaban J connectivity index is 2.91. The highest BCUT2D eigenvalue weighted by Crippen LogP contribution is 2.17. The molecule has 214 valence electrons. The average molecular weight is 530 g/mol. The van der Waals surface area contributed by atoms with Gasteiger partial charge >= 0.3 is 0 Å². The monoisotopic (exact) mass is 529 g/mol. The van der Waals surface area contributed by atoms with Crippen LogP contribution in [-0.2, 0) is 9.59 Å². The fourth-order valence-corrected chi connectivity index (χ4v) is 4.26. The Morgan fingerprint density at radius 1 is 1.16 bits per heavy atom. The van der Waals surface area contributed by atoms with E-state index in [4.69, 9.17) is 11.5 Å². The number of nitrogens with two attached hydrogens (primary N) is 2. The van der Waals surface area contributed by atoms with Crippen molar-refractivity contribution in [1.29, 1.82) is 0 Å². The lowest BCUT2D eigenvalue weighted by Gasteiger charge is -2.38. The van der Waals surface area contributed by atoms with Gasteiger partial charge < -0.3 is 26.6 Å². The van der Waals surface area contributed by atoms with Crippen LogP contribution in [0.1, 0.15) is 53.9 Å². The quantitative estimate of drug-likeness (QED) is 0.146. The standard InChI is InChI=1S/C29H51N7O2/c1-8-11-12-13-24(10-3)21-35-16-14-25(15-17-35)34(7)18-19-36(20-22(4)9-2)28(29(38)32-6)33-26(30)23(5)27(31)37/h8,10-13,22,25H,9,14-21,30H2,1-7H3,(H2,31,37)(H,32,38)/b11-8-,13-12-,24-10+,26-23+,33-28+. The number of likely N-dealkylation sites (N-methyl/N-ethyl adjacent to an activating group) is 2. The van der Waals surface area contributed by atoms with Gasteiger partial charge in [-0.25, -0.2) is 4.99 Å². The number of primary amides is 1. The first-order chi connectivity index (χ1) is 18.1. The third-order valence-electron chi connectivity index (χ3n) is 7.23. The number of amidine groups is 1. The summed E-state index contributed by atoms with van der Waals surface area (Å²) in [7, 11) is 3.72. The average Bonchev–Trinajstić information content (AvgIpc) is 2.92. The Morgan fingerprint density at radius 3 is 2.34 bits per heavy atom. The fraction of sp³-hybridized carbons (Fsp3) is 0.621. The predicted molar refractivity (Wildman–Crippen MR) is 158 cm³/mol. The molecule has 0 bridgehead atoms. The van der Waals surface area contributed by atoms with Crippen LogP contribution < -0.4 is 16.8 Å². The number of carbonyl (C=O) groups excluding carboxylic acids is 2. The number of amides is 2. The van der Waals surface area contributed by atoms with Gasteiger partial charge in [-0.05, 0) is 65.2 Å². The third-order valence-corrected chi connectivity index (χ3v) is 7.23. The summed E-state index contributed by atoms with van der Waals surface area (Å²) >= 11 is 0. The molecule has 9 nitrogen and oxygen atoms in total. The van der Waals surface area contributed by atoms with Crippen molar-refractivity contribution < 1.29 is 9.59 Å². The van der Waals surface area contributed by atoms with Crippen LogP contribution >= 0.6 is 0 Å². The summed E-state index contributed by atoms with van der Waals surface area (Å²) in [5, 5.41) is 2.66. The molecule has 0 aromatic heterocycles. The van der Waals surface area contributed by atoms with E-state index in [2.05, 4.69) is 72.2 Å². The highest BCUT2D eigenvalue weighted by atomic mass is 16.2. The molecule has 0 radical (unpaired) electrons. The molecular formula is C29H51N7O2. The topological polar surface area (TPSA) is 120 Å². The zero-order valence-electron chi connectivity index (χ0n) is 24.7. The highest BCUT2D eigenvalue weighted by molar-refractivity contribution is 6.37. The molecule has 0 spiro atoms. The van der Waals surface area contributed by atoms with E-state index in [9.17, 15) is 9.59 Å². The highest BCUT2D eigenvalue weighted by Gasteiger charge is 2.25. The Morgan fingerprint density at radius 2 is 1.82 bits per heavy atom. The largest absolute Gasteiger partial charge is 0.383 e. The molecule has 1 aliphatic heterocycles. The fourth-order valence-electron chi connectivity index (χ4n) is 4.26. The normalized spacial score (nSPS) is 17.8. The van der Waals surface area contributed by atoms with E-state index in [1.54, 1.807) is 7.05 Å². The lowest BCUT2D eigenvalue weighted by Crippen LogP contribution is -2.49. The molecule has 1 saturated heterocycles. The minimum Gasteiger partial charge on any atom is -0.383 e.